The van der Waals surface area contributed by atoms with Crippen molar-refractivity contribution in [1.82, 2.24) is 10.7 Å². The summed E-state index contributed by atoms with van der Waals surface area (Å²) >= 11 is 7.22. The maximum atomic E-state index is 4.95. The average molecular weight is 333 g/mol. The number of hydrazone groups is 1. The Kier molecular flexibility index (Phi) is 5.56. The van der Waals surface area contributed by atoms with Crippen molar-refractivity contribution in [1.29, 1.82) is 0 Å². The molecule has 0 saturated heterocycles. The topological polar surface area (TPSA) is 36.4 Å². The van der Waals surface area contributed by atoms with Crippen molar-refractivity contribution in [3.8, 4) is 0 Å². The van der Waals surface area contributed by atoms with Crippen LogP contribution in [0.2, 0.25) is 0 Å². The van der Waals surface area contributed by atoms with Gasteiger partial charge in [-0.25, -0.2) is 0 Å². The number of nitrogens with one attached hydrogen (secondary N) is 2. The lowest BCUT2D eigenvalue weighted by molar-refractivity contribution is 0.904. The molecule has 0 aliphatic rings. The molecule has 0 aliphatic carbocycles. The van der Waals surface area contributed by atoms with Crippen molar-refractivity contribution < 1.29 is 0 Å². The number of thiocarbonyl (C=S) groups is 1. The van der Waals surface area contributed by atoms with Gasteiger partial charge >= 0.3 is 0 Å². The molecule has 2 N–H and O–H groups in total. The van der Waals surface area contributed by atoms with Crippen molar-refractivity contribution >= 4 is 46.1 Å². The highest BCUT2D eigenvalue weighted by molar-refractivity contribution is 14.1. The van der Waals surface area contributed by atoms with E-state index in [-0.39, 0.29) is 0 Å². The van der Waals surface area contributed by atoms with E-state index in [0.29, 0.717) is 5.11 Å². The summed E-state index contributed by atoms with van der Waals surface area (Å²) in [4.78, 5) is 0. The van der Waals surface area contributed by atoms with Crippen LogP contribution in [0.4, 0.5) is 0 Å². The van der Waals surface area contributed by atoms with Crippen LogP contribution in [0.25, 0.3) is 0 Å². The number of halogens is 1. The molecule has 0 fully saturated rings. The Morgan fingerprint density at radius 3 is 2.73 bits per heavy atom. The normalized spacial score (nSPS) is 10.3. The number of nitrogens with zero attached hydrogens (tertiary/aromatic N) is 1. The van der Waals surface area contributed by atoms with E-state index in [1.165, 1.54) is 3.57 Å². The molecule has 5 heteroatoms. The van der Waals surface area contributed by atoms with Gasteiger partial charge in [-0.1, -0.05) is 12.1 Å². The van der Waals surface area contributed by atoms with Crippen LogP contribution in [0.5, 0.6) is 0 Å². The van der Waals surface area contributed by atoms with Gasteiger partial charge in [0.05, 0.1) is 6.21 Å². The molecule has 1 rings (SSSR count). The highest BCUT2D eigenvalue weighted by atomic mass is 127. The van der Waals surface area contributed by atoms with Crippen LogP contribution in [0.15, 0.2) is 29.4 Å². The fourth-order valence-corrected chi connectivity index (χ4v) is 1.47. The third-order valence-corrected chi connectivity index (χ3v) is 2.54. The van der Waals surface area contributed by atoms with Gasteiger partial charge in [0.15, 0.2) is 5.11 Å². The van der Waals surface area contributed by atoms with E-state index in [2.05, 4.69) is 38.4 Å². The number of benzene rings is 1. The van der Waals surface area contributed by atoms with Gasteiger partial charge in [0.2, 0.25) is 0 Å². The zero-order valence-electron chi connectivity index (χ0n) is 8.33. The van der Waals surface area contributed by atoms with Crippen molar-refractivity contribution in [2.45, 2.75) is 6.92 Å². The summed E-state index contributed by atoms with van der Waals surface area (Å²) in [5, 5.41) is 7.50. The maximum absolute atomic E-state index is 4.95. The van der Waals surface area contributed by atoms with E-state index in [9.17, 15) is 0 Å². The minimum absolute atomic E-state index is 0.541. The molecule has 1 aromatic carbocycles. The molecular weight excluding hydrogens is 321 g/mol. The molecule has 0 bridgehead atoms. The molecule has 0 aromatic heterocycles. The van der Waals surface area contributed by atoms with Crippen LogP contribution in [-0.2, 0) is 0 Å². The first-order valence-electron chi connectivity index (χ1n) is 4.55. The van der Waals surface area contributed by atoms with Gasteiger partial charge in [-0.15, -0.1) is 0 Å². The summed E-state index contributed by atoms with van der Waals surface area (Å²) in [6.45, 7) is 2.78. The highest BCUT2D eigenvalue weighted by Crippen LogP contribution is 2.04. The van der Waals surface area contributed by atoms with Gasteiger partial charge < -0.3 is 5.32 Å². The van der Waals surface area contributed by atoms with Crippen LogP contribution in [-0.4, -0.2) is 17.9 Å². The van der Waals surface area contributed by atoms with Crippen LogP contribution >= 0.6 is 34.8 Å². The van der Waals surface area contributed by atoms with Crippen molar-refractivity contribution in [2.75, 3.05) is 6.54 Å². The molecule has 0 amide bonds. The molecule has 0 heterocycles. The lowest BCUT2D eigenvalue weighted by atomic mass is 10.2. The third-order valence-electron chi connectivity index (χ3n) is 1.59. The quantitative estimate of drug-likeness (QED) is 0.385. The first kappa shape index (κ1) is 12.4. The van der Waals surface area contributed by atoms with Crippen LogP contribution in [0, 0.1) is 3.57 Å². The summed E-state index contributed by atoms with van der Waals surface area (Å²) in [7, 11) is 0. The first-order valence-corrected chi connectivity index (χ1v) is 6.03. The molecule has 0 atom stereocenters. The Hall–Kier alpha value is -0.690. The smallest absolute Gasteiger partial charge is 0.186 e. The Morgan fingerprint density at radius 2 is 2.13 bits per heavy atom. The van der Waals surface area contributed by atoms with E-state index in [0.717, 1.165) is 12.1 Å². The predicted molar refractivity (Wildman–Crippen MR) is 76.2 cm³/mol. The average Bonchev–Trinajstić information content (AvgIpc) is 2.21. The van der Waals surface area contributed by atoms with Crippen LogP contribution in [0.1, 0.15) is 12.5 Å². The second kappa shape index (κ2) is 6.73. The minimum Gasteiger partial charge on any atom is -0.362 e. The monoisotopic (exact) mass is 333 g/mol. The molecule has 80 valence electrons. The molecule has 0 saturated carbocycles. The van der Waals surface area contributed by atoms with Gasteiger partial charge in [0, 0.05) is 10.1 Å². The zero-order chi connectivity index (χ0) is 11.1. The summed E-state index contributed by atoms with van der Waals surface area (Å²) in [6.07, 6.45) is 1.74. The molecular formula is C10H12IN3S. The molecule has 0 aliphatic heterocycles. The van der Waals surface area contributed by atoms with Crippen molar-refractivity contribution in [3.63, 3.8) is 0 Å². The third kappa shape index (κ3) is 5.08. The summed E-state index contributed by atoms with van der Waals surface area (Å²) in [6, 6.07) is 8.07. The van der Waals surface area contributed by atoms with Crippen LogP contribution < -0.4 is 10.7 Å². The molecule has 0 unspecified atom stereocenters. The zero-order valence-corrected chi connectivity index (χ0v) is 11.3. The summed E-state index contributed by atoms with van der Waals surface area (Å²) < 4.78 is 1.21. The second-order valence-corrected chi connectivity index (χ2v) is 4.43. The van der Waals surface area contributed by atoms with Crippen molar-refractivity contribution in [3.05, 3.63) is 33.4 Å². The first-order chi connectivity index (χ1) is 7.22. The van der Waals surface area contributed by atoms with E-state index in [1.54, 1.807) is 6.21 Å². The van der Waals surface area contributed by atoms with Gasteiger partial charge in [0.25, 0.3) is 0 Å². The molecule has 1 aromatic rings. The minimum atomic E-state index is 0.541. The highest BCUT2D eigenvalue weighted by Gasteiger charge is 1.89. The summed E-state index contributed by atoms with van der Waals surface area (Å²) in [5.74, 6) is 0. The summed E-state index contributed by atoms with van der Waals surface area (Å²) in [5.41, 5.74) is 3.78. The largest absolute Gasteiger partial charge is 0.362 e. The Bertz CT molecular complexity index is 348. The van der Waals surface area contributed by atoms with E-state index < -0.39 is 0 Å². The van der Waals surface area contributed by atoms with Crippen LogP contribution in [0.3, 0.4) is 0 Å². The second-order valence-electron chi connectivity index (χ2n) is 2.78. The van der Waals surface area contributed by atoms with Gasteiger partial charge in [0.1, 0.15) is 0 Å². The predicted octanol–water partition coefficient (Wildman–Crippen LogP) is 2.11. The Labute approximate surface area is 108 Å². The van der Waals surface area contributed by atoms with E-state index in [4.69, 9.17) is 12.2 Å². The maximum Gasteiger partial charge on any atom is 0.186 e. The molecule has 15 heavy (non-hydrogen) atoms. The van der Waals surface area contributed by atoms with E-state index in [1.807, 2.05) is 31.2 Å². The molecule has 0 radical (unpaired) electrons. The lowest BCUT2D eigenvalue weighted by Gasteiger charge is -2.02. The Morgan fingerprint density at radius 1 is 1.47 bits per heavy atom. The van der Waals surface area contributed by atoms with Gasteiger partial charge in [-0.3, -0.25) is 5.43 Å². The number of hydrogen-bond acceptors (Lipinski definition) is 2. The number of hydrogen-bond donors (Lipinski definition) is 2. The molecule has 0 spiro atoms. The SMILES string of the molecule is CCNC(=S)NN=Cc1ccc(I)cc1. The van der Waals surface area contributed by atoms with Crippen molar-refractivity contribution in [2.24, 2.45) is 5.10 Å². The standard InChI is InChI=1S/C10H12IN3S/c1-2-12-10(15)14-13-7-8-3-5-9(11)6-4-8/h3-7H,2H2,1H3,(H2,12,14,15). The van der Waals surface area contributed by atoms with Gasteiger partial charge in [-0.05, 0) is 59.4 Å². The molecule has 3 nitrogen and oxygen atoms in total. The fourth-order valence-electron chi connectivity index (χ4n) is 0.914. The van der Waals surface area contributed by atoms with E-state index >= 15 is 0 Å². The van der Waals surface area contributed by atoms with Gasteiger partial charge in [-0.2, -0.15) is 5.10 Å². The number of rotatable bonds is 3. The fraction of sp³-hybridized carbons (Fsp3) is 0.200. The lowest BCUT2D eigenvalue weighted by Crippen LogP contribution is -2.31. The Balaban J connectivity index is 2.44.